The van der Waals surface area contributed by atoms with E-state index in [0.29, 0.717) is 18.6 Å². The van der Waals surface area contributed by atoms with Crippen LogP contribution >= 0.6 is 11.8 Å². The Bertz CT molecular complexity index is 355. The van der Waals surface area contributed by atoms with E-state index in [9.17, 15) is 19.5 Å². The molecule has 7 heteroatoms. The van der Waals surface area contributed by atoms with Crippen LogP contribution in [0.25, 0.3) is 0 Å². The molecule has 102 valence electrons. The van der Waals surface area contributed by atoms with Crippen molar-refractivity contribution in [2.75, 3.05) is 12.3 Å². The standard InChI is InChI=1S/C11H18N2O4S/c1-3-11(4-2,9(15)16)6-12-8(14)7-5-18-10(17)13-7/h7H,3-6H2,1-2H3,(H,12,14)(H,13,17)(H,15,16). The summed E-state index contributed by atoms with van der Waals surface area (Å²) in [5.74, 6) is -0.832. The van der Waals surface area contributed by atoms with E-state index < -0.39 is 17.4 Å². The van der Waals surface area contributed by atoms with Crippen LogP contribution in [0.2, 0.25) is 0 Å². The zero-order valence-electron chi connectivity index (χ0n) is 10.5. The zero-order chi connectivity index (χ0) is 13.8. The topological polar surface area (TPSA) is 95.5 Å². The lowest BCUT2D eigenvalue weighted by molar-refractivity contribution is -0.149. The number of carboxylic acid groups (broad SMARTS) is 1. The van der Waals surface area contributed by atoms with E-state index in [-0.39, 0.29) is 17.7 Å². The molecule has 1 atom stereocenters. The Morgan fingerprint density at radius 1 is 1.50 bits per heavy atom. The highest BCUT2D eigenvalue weighted by Crippen LogP contribution is 2.25. The van der Waals surface area contributed by atoms with Gasteiger partial charge in [-0.25, -0.2) is 0 Å². The largest absolute Gasteiger partial charge is 0.481 e. The van der Waals surface area contributed by atoms with Crippen molar-refractivity contribution in [1.82, 2.24) is 10.6 Å². The number of amides is 2. The number of hydrogen-bond acceptors (Lipinski definition) is 4. The van der Waals surface area contributed by atoms with Gasteiger partial charge in [-0.05, 0) is 12.8 Å². The molecule has 1 rings (SSSR count). The van der Waals surface area contributed by atoms with Gasteiger partial charge in [-0.3, -0.25) is 14.4 Å². The fourth-order valence-corrected chi connectivity index (χ4v) is 2.56. The van der Waals surface area contributed by atoms with Crippen molar-refractivity contribution >= 4 is 28.9 Å². The molecule has 1 aliphatic heterocycles. The van der Waals surface area contributed by atoms with Gasteiger partial charge in [0.25, 0.3) is 5.24 Å². The summed E-state index contributed by atoms with van der Waals surface area (Å²) >= 11 is 1.06. The number of rotatable bonds is 6. The van der Waals surface area contributed by atoms with Crippen molar-refractivity contribution in [3.63, 3.8) is 0 Å². The predicted molar refractivity (Wildman–Crippen MR) is 68.4 cm³/mol. The molecule has 0 aromatic rings. The first-order chi connectivity index (χ1) is 8.45. The Labute approximate surface area is 110 Å². The number of thioether (sulfide) groups is 1. The smallest absolute Gasteiger partial charge is 0.311 e. The number of carbonyl (C=O) groups excluding carboxylic acids is 2. The third kappa shape index (κ3) is 3.16. The van der Waals surface area contributed by atoms with Crippen LogP contribution in [0.4, 0.5) is 4.79 Å². The first kappa shape index (κ1) is 14.8. The average molecular weight is 274 g/mol. The third-order valence-corrected chi connectivity index (χ3v) is 4.28. The summed E-state index contributed by atoms with van der Waals surface area (Å²) in [5, 5.41) is 14.1. The van der Waals surface area contributed by atoms with E-state index in [1.54, 1.807) is 13.8 Å². The van der Waals surface area contributed by atoms with E-state index >= 15 is 0 Å². The lowest BCUT2D eigenvalue weighted by Gasteiger charge is -2.27. The second-order valence-electron chi connectivity index (χ2n) is 4.31. The predicted octanol–water partition coefficient (Wildman–Crippen LogP) is 0.819. The number of aliphatic carboxylic acids is 1. The van der Waals surface area contributed by atoms with Crippen molar-refractivity contribution < 1.29 is 19.5 Å². The molecule has 0 aromatic heterocycles. The molecule has 1 heterocycles. The number of nitrogens with one attached hydrogen (secondary N) is 2. The van der Waals surface area contributed by atoms with Gasteiger partial charge in [-0.15, -0.1) is 0 Å². The number of carboxylic acids is 1. The van der Waals surface area contributed by atoms with E-state index in [0.717, 1.165) is 11.8 Å². The molecule has 0 radical (unpaired) electrons. The molecule has 1 unspecified atom stereocenters. The maximum absolute atomic E-state index is 11.8. The lowest BCUT2D eigenvalue weighted by Crippen LogP contribution is -2.48. The highest BCUT2D eigenvalue weighted by molar-refractivity contribution is 8.14. The summed E-state index contributed by atoms with van der Waals surface area (Å²) in [5.41, 5.74) is -0.925. The van der Waals surface area contributed by atoms with Gasteiger partial charge in [0.1, 0.15) is 6.04 Å². The Balaban J connectivity index is 2.55. The molecule has 1 aliphatic rings. The van der Waals surface area contributed by atoms with Crippen LogP contribution in [0, 0.1) is 5.41 Å². The molecule has 3 N–H and O–H groups in total. The first-order valence-electron chi connectivity index (χ1n) is 5.89. The molecular formula is C11H18N2O4S. The Morgan fingerprint density at radius 3 is 2.50 bits per heavy atom. The van der Waals surface area contributed by atoms with Crippen molar-refractivity contribution in [2.45, 2.75) is 32.7 Å². The number of hydrogen-bond donors (Lipinski definition) is 3. The highest BCUT2D eigenvalue weighted by atomic mass is 32.2. The third-order valence-electron chi connectivity index (χ3n) is 3.40. The van der Waals surface area contributed by atoms with E-state index in [4.69, 9.17) is 0 Å². The van der Waals surface area contributed by atoms with Crippen molar-refractivity contribution in [3.8, 4) is 0 Å². The minimum atomic E-state index is -0.925. The maximum atomic E-state index is 11.8. The summed E-state index contributed by atoms with van der Waals surface area (Å²) in [6, 6.07) is -0.553. The molecule has 0 aromatic carbocycles. The molecule has 0 aliphatic carbocycles. The molecule has 0 spiro atoms. The normalized spacial score (nSPS) is 19.4. The van der Waals surface area contributed by atoms with Gasteiger partial charge in [0.05, 0.1) is 5.41 Å². The fourth-order valence-electron chi connectivity index (χ4n) is 1.78. The first-order valence-corrected chi connectivity index (χ1v) is 6.88. The molecule has 1 saturated heterocycles. The van der Waals surface area contributed by atoms with Crippen molar-refractivity contribution in [1.29, 1.82) is 0 Å². The summed E-state index contributed by atoms with van der Waals surface area (Å²) in [7, 11) is 0. The SMILES string of the molecule is CCC(CC)(CNC(=O)C1CSC(=O)N1)C(=O)O. The van der Waals surface area contributed by atoms with Crippen LogP contribution < -0.4 is 10.6 Å². The van der Waals surface area contributed by atoms with Crippen molar-refractivity contribution in [2.24, 2.45) is 5.41 Å². The lowest BCUT2D eigenvalue weighted by atomic mass is 9.82. The van der Waals surface area contributed by atoms with Crippen LogP contribution in [0.3, 0.4) is 0 Å². The summed E-state index contributed by atoms with van der Waals surface area (Å²) in [6.45, 7) is 3.67. The molecule has 18 heavy (non-hydrogen) atoms. The van der Waals surface area contributed by atoms with Gasteiger partial charge in [0.2, 0.25) is 5.91 Å². The van der Waals surface area contributed by atoms with Crippen LogP contribution in [0.1, 0.15) is 26.7 Å². The fraction of sp³-hybridized carbons (Fsp3) is 0.727. The van der Waals surface area contributed by atoms with E-state index in [1.165, 1.54) is 0 Å². The second kappa shape index (κ2) is 6.08. The number of carbonyl (C=O) groups is 3. The summed E-state index contributed by atoms with van der Waals surface area (Å²) in [4.78, 5) is 34.0. The molecule has 1 fully saturated rings. The van der Waals surface area contributed by atoms with Gasteiger partial charge in [-0.2, -0.15) is 0 Å². The minimum Gasteiger partial charge on any atom is -0.481 e. The molecule has 6 nitrogen and oxygen atoms in total. The van der Waals surface area contributed by atoms with Gasteiger partial charge in [0.15, 0.2) is 0 Å². The monoisotopic (exact) mass is 274 g/mol. The summed E-state index contributed by atoms with van der Waals surface area (Å²) in [6.07, 6.45) is 0.899. The Hall–Kier alpha value is -1.24. The zero-order valence-corrected chi connectivity index (χ0v) is 11.3. The Morgan fingerprint density at radius 2 is 2.11 bits per heavy atom. The average Bonchev–Trinajstić information content (AvgIpc) is 2.77. The molecule has 0 saturated carbocycles. The quantitative estimate of drug-likeness (QED) is 0.666. The Kier molecular flexibility index (Phi) is 5.01. The minimum absolute atomic E-state index is 0.0885. The summed E-state index contributed by atoms with van der Waals surface area (Å²) < 4.78 is 0. The van der Waals surface area contributed by atoms with Gasteiger partial charge in [-0.1, -0.05) is 25.6 Å². The van der Waals surface area contributed by atoms with Gasteiger partial charge < -0.3 is 15.7 Å². The van der Waals surface area contributed by atoms with Crippen LogP contribution in [-0.4, -0.2) is 40.6 Å². The van der Waals surface area contributed by atoms with E-state index in [1.807, 2.05) is 0 Å². The van der Waals surface area contributed by atoms with Gasteiger partial charge >= 0.3 is 5.97 Å². The second-order valence-corrected chi connectivity index (χ2v) is 5.30. The van der Waals surface area contributed by atoms with Crippen LogP contribution in [0.15, 0.2) is 0 Å². The molecular weight excluding hydrogens is 256 g/mol. The van der Waals surface area contributed by atoms with Crippen LogP contribution in [-0.2, 0) is 9.59 Å². The molecule has 0 bridgehead atoms. The molecule has 2 amide bonds. The highest BCUT2D eigenvalue weighted by Gasteiger charge is 2.36. The van der Waals surface area contributed by atoms with E-state index in [2.05, 4.69) is 10.6 Å². The maximum Gasteiger partial charge on any atom is 0.311 e. The van der Waals surface area contributed by atoms with Crippen molar-refractivity contribution in [3.05, 3.63) is 0 Å². The van der Waals surface area contributed by atoms with Crippen LogP contribution in [0.5, 0.6) is 0 Å². The van der Waals surface area contributed by atoms with Gasteiger partial charge in [0, 0.05) is 12.3 Å².